The number of halogens is 2. The number of hydrogen-bond donors (Lipinski definition) is 0. The van der Waals surface area contributed by atoms with Crippen LogP contribution in [0.5, 0.6) is 0 Å². The third-order valence-electron chi connectivity index (χ3n) is 6.00. The van der Waals surface area contributed by atoms with Crippen LogP contribution in [0.1, 0.15) is 25.3 Å². The summed E-state index contributed by atoms with van der Waals surface area (Å²) in [6.45, 7) is 5.84. The molecule has 0 bridgehead atoms. The molecule has 0 saturated carbocycles. The summed E-state index contributed by atoms with van der Waals surface area (Å²) in [5.41, 5.74) is 2.29. The first-order valence-corrected chi connectivity index (χ1v) is 10.6. The van der Waals surface area contributed by atoms with Crippen LogP contribution in [-0.2, 0) is 11.2 Å². The highest BCUT2D eigenvalue weighted by Gasteiger charge is 2.34. The van der Waals surface area contributed by atoms with Crippen LogP contribution in [0, 0.1) is 5.82 Å². The maximum atomic E-state index is 13.6. The van der Waals surface area contributed by atoms with Crippen molar-refractivity contribution in [1.29, 1.82) is 0 Å². The largest absolute Gasteiger partial charge is 0.376 e. The minimum absolute atomic E-state index is 0.162. The van der Waals surface area contributed by atoms with Gasteiger partial charge in [-0.2, -0.15) is 0 Å². The zero-order valence-corrected chi connectivity index (χ0v) is 17.1. The average Bonchev–Trinajstić information content (AvgIpc) is 2.71. The molecule has 0 unspecified atom stereocenters. The van der Waals surface area contributed by atoms with Crippen molar-refractivity contribution in [2.75, 3.05) is 31.1 Å². The van der Waals surface area contributed by atoms with E-state index < -0.39 is 0 Å². The van der Waals surface area contributed by atoms with Gasteiger partial charge < -0.3 is 9.64 Å². The molecule has 3 nitrogen and oxygen atoms in total. The van der Waals surface area contributed by atoms with Gasteiger partial charge in [0.05, 0.1) is 12.7 Å². The van der Waals surface area contributed by atoms with E-state index >= 15 is 0 Å². The highest BCUT2D eigenvalue weighted by atomic mass is 35.5. The molecule has 5 heteroatoms. The van der Waals surface area contributed by atoms with Crippen LogP contribution in [-0.4, -0.2) is 49.3 Å². The lowest BCUT2D eigenvalue weighted by molar-refractivity contribution is -0.0744. The van der Waals surface area contributed by atoms with E-state index in [1.807, 2.05) is 18.2 Å². The van der Waals surface area contributed by atoms with Crippen LogP contribution in [0.4, 0.5) is 10.1 Å². The SMILES string of the molecule is C[C@H]1CN(C2CCN(c3cccc(F)c3)CC2)[C@@H](Cc2ccc(Cl)cc2)CO1. The number of piperidine rings is 1. The van der Waals surface area contributed by atoms with Gasteiger partial charge in [-0.15, -0.1) is 0 Å². The molecule has 0 amide bonds. The molecule has 4 rings (SSSR count). The van der Waals surface area contributed by atoms with Gasteiger partial charge in [0.25, 0.3) is 0 Å². The van der Waals surface area contributed by atoms with Gasteiger partial charge in [-0.3, -0.25) is 4.90 Å². The number of rotatable bonds is 4. The minimum atomic E-state index is -0.162. The monoisotopic (exact) mass is 402 g/mol. The van der Waals surface area contributed by atoms with E-state index in [2.05, 4.69) is 28.9 Å². The molecule has 0 spiro atoms. The molecule has 2 aliphatic rings. The van der Waals surface area contributed by atoms with Gasteiger partial charge in [0, 0.05) is 42.4 Å². The molecule has 2 aromatic rings. The highest BCUT2D eigenvalue weighted by molar-refractivity contribution is 6.30. The van der Waals surface area contributed by atoms with Gasteiger partial charge in [-0.25, -0.2) is 4.39 Å². The summed E-state index contributed by atoms with van der Waals surface area (Å²) >= 11 is 6.03. The fourth-order valence-corrected chi connectivity index (χ4v) is 4.64. The molecular formula is C23H28ClFN2O. The molecule has 2 aromatic carbocycles. The van der Waals surface area contributed by atoms with Gasteiger partial charge >= 0.3 is 0 Å². The van der Waals surface area contributed by atoms with Crippen LogP contribution in [0.15, 0.2) is 48.5 Å². The first-order chi connectivity index (χ1) is 13.6. The second-order valence-electron chi connectivity index (χ2n) is 8.02. The van der Waals surface area contributed by atoms with Crippen LogP contribution in [0.3, 0.4) is 0 Å². The van der Waals surface area contributed by atoms with Gasteiger partial charge in [0.15, 0.2) is 0 Å². The second-order valence-corrected chi connectivity index (χ2v) is 8.46. The third-order valence-corrected chi connectivity index (χ3v) is 6.25. The lowest BCUT2D eigenvalue weighted by Gasteiger charge is -2.46. The predicted octanol–water partition coefficient (Wildman–Crippen LogP) is 4.78. The summed E-state index contributed by atoms with van der Waals surface area (Å²) in [5, 5.41) is 0.777. The molecule has 150 valence electrons. The first-order valence-electron chi connectivity index (χ1n) is 10.2. The molecule has 0 aromatic heterocycles. The number of anilines is 1. The van der Waals surface area contributed by atoms with Crippen molar-refractivity contribution in [3.8, 4) is 0 Å². The minimum Gasteiger partial charge on any atom is -0.376 e. The van der Waals surface area contributed by atoms with Crippen LogP contribution < -0.4 is 4.90 Å². The van der Waals surface area contributed by atoms with Crippen molar-refractivity contribution in [2.45, 2.75) is 44.4 Å². The van der Waals surface area contributed by atoms with Crippen molar-refractivity contribution in [2.24, 2.45) is 0 Å². The van der Waals surface area contributed by atoms with Gasteiger partial charge in [0.1, 0.15) is 5.82 Å². The lowest BCUT2D eigenvalue weighted by Crippen LogP contribution is -2.56. The molecule has 2 fully saturated rings. The summed E-state index contributed by atoms with van der Waals surface area (Å²) in [6, 6.07) is 16.0. The zero-order chi connectivity index (χ0) is 19.5. The molecule has 0 aliphatic carbocycles. The molecule has 2 heterocycles. The molecule has 2 aliphatic heterocycles. The summed E-state index contributed by atoms with van der Waals surface area (Å²) in [4.78, 5) is 4.96. The Labute approximate surface area is 172 Å². The van der Waals surface area contributed by atoms with Crippen molar-refractivity contribution in [3.05, 3.63) is 64.9 Å². The van der Waals surface area contributed by atoms with Crippen LogP contribution in [0.2, 0.25) is 5.02 Å². The van der Waals surface area contributed by atoms with E-state index in [0.717, 1.165) is 56.2 Å². The summed E-state index contributed by atoms with van der Waals surface area (Å²) < 4.78 is 19.6. The lowest BCUT2D eigenvalue weighted by atomic mass is 9.96. The summed E-state index contributed by atoms with van der Waals surface area (Å²) in [6.07, 6.45) is 3.44. The molecule has 0 radical (unpaired) electrons. The van der Waals surface area contributed by atoms with E-state index in [0.29, 0.717) is 12.1 Å². The number of nitrogens with zero attached hydrogens (tertiary/aromatic N) is 2. The van der Waals surface area contributed by atoms with E-state index in [1.54, 1.807) is 12.1 Å². The Bertz CT molecular complexity index is 776. The maximum absolute atomic E-state index is 13.6. The molecule has 0 N–H and O–H groups in total. The number of benzene rings is 2. The fourth-order valence-electron chi connectivity index (χ4n) is 4.51. The molecule has 2 atom stereocenters. The number of morpholine rings is 1. The van der Waals surface area contributed by atoms with E-state index in [4.69, 9.17) is 16.3 Å². The van der Waals surface area contributed by atoms with E-state index in [9.17, 15) is 4.39 Å². The van der Waals surface area contributed by atoms with Gasteiger partial charge in [-0.1, -0.05) is 29.8 Å². The number of ether oxygens (including phenoxy) is 1. The van der Waals surface area contributed by atoms with E-state index in [1.165, 1.54) is 11.6 Å². The van der Waals surface area contributed by atoms with Crippen molar-refractivity contribution in [3.63, 3.8) is 0 Å². The Hall–Kier alpha value is -1.62. The van der Waals surface area contributed by atoms with Crippen molar-refractivity contribution in [1.82, 2.24) is 4.90 Å². The van der Waals surface area contributed by atoms with Crippen molar-refractivity contribution < 1.29 is 9.13 Å². The fraction of sp³-hybridized carbons (Fsp3) is 0.478. The maximum Gasteiger partial charge on any atom is 0.125 e. The molecule has 2 saturated heterocycles. The average molecular weight is 403 g/mol. The Morgan fingerprint density at radius 3 is 2.57 bits per heavy atom. The van der Waals surface area contributed by atoms with Gasteiger partial charge in [-0.05, 0) is 62.1 Å². The normalized spacial score (nSPS) is 24.5. The quantitative estimate of drug-likeness (QED) is 0.731. The smallest absolute Gasteiger partial charge is 0.125 e. The second kappa shape index (κ2) is 8.81. The topological polar surface area (TPSA) is 15.7 Å². The Balaban J connectivity index is 1.41. The van der Waals surface area contributed by atoms with E-state index in [-0.39, 0.29) is 11.9 Å². The summed E-state index contributed by atoms with van der Waals surface area (Å²) in [5.74, 6) is -0.162. The van der Waals surface area contributed by atoms with Crippen LogP contribution in [0.25, 0.3) is 0 Å². The predicted molar refractivity (Wildman–Crippen MR) is 113 cm³/mol. The number of hydrogen-bond acceptors (Lipinski definition) is 3. The highest BCUT2D eigenvalue weighted by Crippen LogP contribution is 2.27. The third kappa shape index (κ3) is 4.68. The Morgan fingerprint density at radius 2 is 1.86 bits per heavy atom. The van der Waals surface area contributed by atoms with Crippen molar-refractivity contribution >= 4 is 17.3 Å². The standard InChI is InChI=1S/C23H28ClFN2O/c1-17-15-27(23(16-28-17)13-18-5-7-19(24)8-6-18)21-9-11-26(12-10-21)22-4-2-3-20(25)14-22/h2-8,14,17,21,23H,9-13,15-16H2,1H3/t17-,23-/m0/s1. The first kappa shape index (κ1) is 19.7. The van der Waals surface area contributed by atoms with Crippen LogP contribution >= 0.6 is 11.6 Å². The molecular weight excluding hydrogens is 375 g/mol. The Kier molecular flexibility index (Phi) is 6.19. The summed E-state index contributed by atoms with van der Waals surface area (Å²) in [7, 11) is 0. The molecule has 28 heavy (non-hydrogen) atoms. The van der Waals surface area contributed by atoms with Gasteiger partial charge in [0.2, 0.25) is 0 Å². The Morgan fingerprint density at radius 1 is 1.11 bits per heavy atom. The zero-order valence-electron chi connectivity index (χ0n) is 16.4.